The minimum atomic E-state index is -4.65. The maximum Gasteiger partial charge on any atom is 0.246 e. The molecule has 1 aromatic rings. The molecule has 0 aliphatic rings. The Labute approximate surface area is 111 Å². The topological polar surface area (TPSA) is 80.3 Å². The summed E-state index contributed by atoms with van der Waals surface area (Å²) >= 11 is 0. The number of sulfonamides is 1. The lowest BCUT2D eigenvalue weighted by Crippen LogP contribution is -2.29. The van der Waals surface area contributed by atoms with Crippen LogP contribution in [0.5, 0.6) is 0 Å². The predicted molar refractivity (Wildman–Crippen MR) is 61.1 cm³/mol. The third-order valence-corrected chi connectivity index (χ3v) is 4.54. The molecule has 1 rings (SSSR count). The first-order valence-electron chi connectivity index (χ1n) is 4.59. The molecule has 0 unspecified atom stereocenters. The summed E-state index contributed by atoms with van der Waals surface area (Å²) in [6.07, 6.45) is 0. The van der Waals surface area contributed by atoms with Gasteiger partial charge in [-0.05, 0) is 0 Å². The van der Waals surface area contributed by atoms with Crippen molar-refractivity contribution in [2.75, 3.05) is 12.3 Å². The molecule has 1 aromatic carbocycles. The first kappa shape index (κ1) is 16.2. The van der Waals surface area contributed by atoms with E-state index >= 15 is 0 Å². The van der Waals surface area contributed by atoms with Crippen LogP contribution in [0.2, 0.25) is 0 Å². The second kappa shape index (κ2) is 5.65. The van der Waals surface area contributed by atoms with Crippen molar-refractivity contribution in [3.05, 3.63) is 29.6 Å². The normalized spacial score (nSPS) is 12.6. The van der Waals surface area contributed by atoms with Crippen molar-refractivity contribution < 1.29 is 30.0 Å². The van der Waals surface area contributed by atoms with Gasteiger partial charge in [-0.3, -0.25) is 0 Å². The van der Waals surface area contributed by atoms with Crippen LogP contribution in [-0.2, 0) is 19.1 Å². The lowest BCUT2D eigenvalue weighted by Gasteiger charge is -2.08. The Morgan fingerprint density at radius 3 is 1.95 bits per heavy atom. The van der Waals surface area contributed by atoms with Gasteiger partial charge in [0.1, 0.15) is 17.5 Å². The standard InChI is InChI=1S/C8H7ClF3NO4S2/c9-18(14,15)2-1-13-19(16,17)8-6(11)3-5(10)4-7(8)12/h3-4,13H,1-2H2. The zero-order chi connectivity index (χ0) is 14.8. The van der Waals surface area contributed by atoms with E-state index in [1.165, 1.54) is 0 Å². The molecule has 11 heteroatoms. The summed E-state index contributed by atoms with van der Waals surface area (Å²) in [5.41, 5.74) is 0. The molecule has 0 aliphatic heterocycles. The third kappa shape index (κ3) is 4.64. The molecule has 5 nitrogen and oxygen atoms in total. The van der Waals surface area contributed by atoms with Gasteiger partial charge in [-0.1, -0.05) is 0 Å². The summed E-state index contributed by atoms with van der Waals surface area (Å²) in [4.78, 5) is -1.39. The van der Waals surface area contributed by atoms with Gasteiger partial charge in [-0.2, -0.15) is 0 Å². The second-order valence-corrected chi connectivity index (χ2v) is 7.94. The number of rotatable bonds is 5. The average molecular weight is 338 g/mol. The van der Waals surface area contributed by atoms with E-state index in [-0.39, 0.29) is 12.1 Å². The molecule has 0 saturated carbocycles. The summed E-state index contributed by atoms with van der Waals surface area (Å²) in [5, 5.41) is 0. The van der Waals surface area contributed by atoms with E-state index < -0.39 is 53.7 Å². The van der Waals surface area contributed by atoms with Crippen LogP contribution in [-0.4, -0.2) is 29.1 Å². The highest BCUT2D eigenvalue weighted by atomic mass is 35.7. The molecule has 0 radical (unpaired) electrons. The smallest absolute Gasteiger partial charge is 0.212 e. The SMILES string of the molecule is O=S(=O)(Cl)CCNS(=O)(=O)c1c(F)cc(F)cc1F. The van der Waals surface area contributed by atoms with E-state index in [0.717, 1.165) is 0 Å². The van der Waals surface area contributed by atoms with Gasteiger partial charge < -0.3 is 0 Å². The van der Waals surface area contributed by atoms with Crippen molar-refractivity contribution in [3.63, 3.8) is 0 Å². The van der Waals surface area contributed by atoms with Crippen LogP contribution in [0.3, 0.4) is 0 Å². The van der Waals surface area contributed by atoms with Crippen LogP contribution in [0.15, 0.2) is 17.0 Å². The highest BCUT2D eigenvalue weighted by Gasteiger charge is 2.25. The molecule has 0 bridgehead atoms. The molecule has 0 amide bonds. The zero-order valence-corrected chi connectivity index (χ0v) is 11.4. The van der Waals surface area contributed by atoms with Crippen molar-refractivity contribution in [1.29, 1.82) is 0 Å². The van der Waals surface area contributed by atoms with Crippen molar-refractivity contribution >= 4 is 29.8 Å². The van der Waals surface area contributed by atoms with Crippen LogP contribution in [0.1, 0.15) is 0 Å². The van der Waals surface area contributed by atoms with Crippen LogP contribution in [0, 0.1) is 17.5 Å². The van der Waals surface area contributed by atoms with Crippen molar-refractivity contribution in [1.82, 2.24) is 4.72 Å². The summed E-state index contributed by atoms with van der Waals surface area (Å²) in [7, 11) is -3.78. The molecule has 0 heterocycles. The lowest BCUT2D eigenvalue weighted by atomic mass is 10.3. The molecule has 0 aromatic heterocycles. The number of hydrogen-bond donors (Lipinski definition) is 1. The highest BCUT2D eigenvalue weighted by Crippen LogP contribution is 2.19. The Morgan fingerprint density at radius 1 is 1.05 bits per heavy atom. The van der Waals surface area contributed by atoms with Crippen LogP contribution >= 0.6 is 10.7 Å². The lowest BCUT2D eigenvalue weighted by molar-refractivity contribution is 0.494. The first-order valence-corrected chi connectivity index (χ1v) is 8.55. The molecule has 0 spiro atoms. The number of nitrogens with one attached hydrogen (secondary N) is 1. The molecule has 0 aliphatic carbocycles. The van der Waals surface area contributed by atoms with Gasteiger partial charge in [0.15, 0.2) is 4.90 Å². The van der Waals surface area contributed by atoms with Crippen molar-refractivity contribution in [2.24, 2.45) is 0 Å². The van der Waals surface area contributed by atoms with Gasteiger partial charge >= 0.3 is 0 Å². The molecule has 19 heavy (non-hydrogen) atoms. The third-order valence-electron chi connectivity index (χ3n) is 1.87. The summed E-state index contributed by atoms with van der Waals surface area (Å²) in [6.45, 7) is -0.676. The van der Waals surface area contributed by atoms with E-state index in [4.69, 9.17) is 10.7 Å². The van der Waals surface area contributed by atoms with Gasteiger partial charge in [-0.15, -0.1) is 0 Å². The van der Waals surface area contributed by atoms with Gasteiger partial charge in [-0.25, -0.2) is 34.7 Å². The largest absolute Gasteiger partial charge is 0.246 e. The quantitative estimate of drug-likeness (QED) is 0.811. The molecule has 0 atom stereocenters. The Morgan fingerprint density at radius 2 is 1.53 bits per heavy atom. The van der Waals surface area contributed by atoms with Crippen LogP contribution in [0.4, 0.5) is 13.2 Å². The van der Waals surface area contributed by atoms with E-state index in [1.54, 1.807) is 4.72 Å². The predicted octanol–water partition coefficient (Wildman–Crippen LogP) is 0.951. The van der Waals surface area contributed by atoms with E-state index in [1.807, 2.05) is 0 Å². The molecule has 0 saturated heterocycles. The van der Waals surface area contributed by atoms with E-state index in [0.29, 0.717) is 0 Å². The fraction of sp³-hybridized carbons (Fsp3) is 0.250. The fourth-order valence-corrected chi connectivity index (χ4v) is 3.01. The highest BCUT2D eigenvalue weighted by molar-refractivity contribution is 8.13. The van der Waals surface area contributed by atoms with Gasteiger partial charge in [0.05, 0.1) is 5.75 Å². The number of halogens is 4. The number of hydrogen-bond acceptors (Lipinski definition) is 4. The maximum absolute atomic E-state index is 13.2. The van der Waals surface area contributed by atoms with E-state index in [2.05, 4.69) is 0 Å². The fourth-order valence-electron chi connectivity index (χ4n) is 1.16. The second-order valence-electron chi connectivity index (χ2n) is 3.34. The summed E-state index contributed by atoms with van der Waals surface area (Å²) < 4.78 is 84.9. The summed E-state index contributed by atoms with van der Waals surface area (Å²) in [6, 6.07) is 0.381. The molecular formula is C8H7ClF3NO4S2. The maximum atomic E-state index is 13.2. The van der Waals surface area contributed by atoms with E-state index in [9.17, 15) is 30.0 Å². The average Bonchev–Trinajstić information content (AvgIpc) is 2.11. The minimum absolute atomic E-state index is 0.190. The van der Waals surface area contributed by atoms with Gasteiger partial charge in [0, 0.05) is 29.4 Å². The zero-order valence-electron chi connectivity index (χ0n) is 9.03. The Kier molecular flexibility index (Phi) is 4.82. The van der Waals surface area contributed by atoms with Gasteiger partial charge in [0.25, 0.3) is 0 Å². The molecule has 108 valence electrons. The van der Waals surface area contributed by atoms with Crippen molar-refractivity contribution in [3.8, 4) is 0 Å². The minimum Gasteiger partial charge on any atom is -0.212 e. The Hall–Kier alpha value is -0.840. The first-order chi connectivity index (χ1) is 8.53. The van der Waals surface area contributed by atoms with Crippen molar-refractivity contribution in [2.45, 2.75) is 4.90 Å². The Balaban J connectivity index is 3.02. The molecule has 0 fully saturated rings. The number of benzene rings is 1. The summed E-state index contributed by atoms with van der Waals surface area (Å²) in [5.74, 6) is -5.30. The Bertz CT molecular complexity index is 667. The van der Waals surface area contributed by atoms with Gasteiger partial charge in [0.2, 0.25) is 19.1 Å². The molecule has 1 N–H and O–H groups in total. The van der Waals surface area contributed by atoms with Crippen LogP contribution < -0.4 is 4.72 Å². The molecular weight excluding hydrogens is 331 g/mol. The van der Waals surface area contributed by atoms with Crippen LogP contribution in [0.25, 0.3) is 0 Å². The monoisotopic (exact) mass is 337 g/mol.